The van der Waals surface area contributed by atoms with Crippen LogP contribution in [0.3, 0.4) is 0 Å². The molecule has 3 N–H and O–H groups in total. The Bertz CT molecular complexity index is 519. The number of nitrogens with one attached hydrogen (secondary N) is 1. The Kier molecular flexibility index (Phi) is 3.45. The van der Waals surface area contributed by atoms with E-state index >= 15 is 0 Å². The highest BCUT2D eigenvalue weighted by atomic mass is 32.1. The summed E-state index contributed by atoms with van der Waals surface area (Å²) in [5.74, 6) is 3.04. The maximum absolute atomic E-state index is 13.2. The molecule has 0 aliphatic carbocycles. The third-order valence-electron chi connectivity index (χ3n) is 1.97. The maximum Gasteiger partial charge on any atom is 0.200 e. The molecule has 1 heterocycles. The Balaban J connectivity index is 2.10. The molecule has 2 aromatic rings. The second-order valence-electron chi connectivity index (χ2n) is 3.03. The normalized spacial score (nSPS) is 10.3. The van der Waals surface area contributed by atoms with Gasteiger partial charge in [0.05, 0.1) is 0 Å². The van der Waals surface area contributed by atoms with E-state index in [1.165, 1.54) is 12.1 Å². The van der Waals surface area contributed by atoms with Crippen molar-refractivity contribution in [3.8, 4) is 5.75 Å². The lowest BCUT2D eigenvalue weighted by Gasteiger charge is -2.06. The fourth-order valence-electron chi connectivity index (χ4n) is 1.15. The van der Waals surface area contributed by atoms with Crippen molar-refractivity contribution in [1.82, 2.24) is 9.59 Å². The van der Waals surface area contributed by atoms with Crippen LogP contribution in [-0.2, 0) is 6.61 Å². The Hall–Kier alpha value is -1.80. The van der Waals surface area contributed by atoms with Gasteiger partial charge in [-0.2, -0.15) is 4.39 Å². The Morgan fingerprint density at radius 3 is 3.00 bits per heavy atom. The summed E-state index contributed by atoms with van der Waals surface area (Å²) in [6, 6.07) is 3.70. The van der Waals surface area contributed by atoms with Gasteiger partial charge in [-0.3, -0.25) is 0 Å². The Morgan fingerprint density at radius 2 is 2.24 bits per heavy atom. The van der Waals surface area contributed by atoms with Gasteiger partial charge in [0.25, 0.3) is 0 Å². The number of hydrogen-bond donors (Lipinski definition) is 2. The largest absolute Gasteiger partial charge is 0.484 e. The Labute approximate surface area is 99.3 Å². The minimum Gasteiger partial charge on any atom is -0.484 e. The van der Waals surface area contributed by atoms with Gasteiger partial charge >= 0.3 is 0 Å². The summed E-state index contributed by atoms with van der Waals surface area (Å²) in [5.41, 5.74) is 2.82. The predicted molar refractivity (Wildman–Crippen MR) is 58.4 cm³/mol. The zero-order chi connectivity index (χ0) is 12.3. The first-order valence-corrected chi connectivity index (χ1v) is 5.34. The zero-order valence-corrected chi connectivity index (χ0v) is 9.30. The first-order chi connectivity index (χ1) is 8.22. The van der Waals surface area contributed by atoms with Crippen molar-refractivity contribution in [3.63, 3.8) is 0 Å². The smallest absolute Gasteiger partial charge is 0.200 e. The molecule has 0 unspecified atom stereocenters. The Morgan fingerprint density at radius 1 is 1.41 bits per heavy atom. The molecule has 0 saturated carbocycles. The second-order valence-corrected chi connectivity index (χ2v) is 3.79. The van der Waals surface area contributed by atoms with Crippen molar-refractivity contribution in [3.05, 3.63) is 35.5 Å². The first-order valence-electron chi connectivity index (χ1n) is 4.57. The molecule has 0 aliphatic heterocycles. The standard InChI is InChI=1S/C9H8F2N4OS/c10-5-2-1-3-7(8(5)11)16-4-6-9(13-12)17-15-14-6/h1-3,13H,4,12H2. The van der Waals surface area contributed by atoms with Crippen LogP contribution in [0.4, 0.5) is 13.8 Å². The SMILES string of the molecule is NNc1snnc1COc1cccc(F)c1F. The van der Waals surface area contributed by atoms with Gasteiger partial charge in [-0.1, -0.05) is 10.6 Å². The van der Waals surface area contributed by atoms with E-state index in [9.17, 15) is 8.78 Å². The minimum atomic E-state index is -1.03. The third-order valence-corrected chi connectivity index (χ3v) is 2.67. The molecule has 0 fully saturated rings. The fourth-order valence-corrected chi connectivity index (χ4v) is 1.63. The number of ether oxygens (including phenoxy) is 1. The number of nitrogen functional groups attached to an aromatic ring is 1. The van der Waals surface area contributed by atoms with E-state index in [1.807, 2.05) is 0 Å². The summed E-state index contributed by atoms with van der Waals surface area (Å²) in [6.07, 6.45) is 0. The summed E-state index contributed by atoms with van der Waals surface area (Å²) in [6.45, 7) is -0.0452. The number of nitrogens with zero attached hydrogens (tertiary/aromatic N) is 2. The van der Waals surface area contributed by atoms with Crippen molar-refractivity contribution in [2.75, 3.05) is 5.43 Å². The van der Waals surface area contributed by atoms with Gasteiger partial charge in [0.1, 0.15) is 12.3 Å². The quantitative estimate of drug-likeness (QED) is 0.644. The van der Waals surface area contributed by atoms with E-state index in [0.29, 0.717) is 10.7 Å². The maximum atomic E-state index is 13.2. The van der Waals surface area contributed by atoms with Crippen LogP contribution in [0.1, 0.15) is 5.69 Å². The van der Waals surface area contributed by atoms with Crippen LogP contribution >= 0.6 is 11.5 Å². The van der Waals surface area contributed by atoms with Gasteiger partial charge in [0.15, 0.2) is 16.6 Å². The highest BCUT2D eigenvalue weighted by Gasteiger charge is 2.11. The molecule has 0 radical (unpaired) electrons. The lowest BCUT2D eigenvalue weighted by atomic mass is 10.3. The van der Waals surface area contributed by atoms with Gasteiger partial charge < -0.3 is 10.2 Å². The molecule has 0 spiro atoms. The predicted octanol–water partition coefficient (Wildman–Crippen LogP) is 1.68. The van der Waals surface area contributed by atoms with Crippen LogP contribution in [0.25, 0.3) is 0 Å². The topological polar surface area (TPSA) is 73.1 Å². The van der Waals surface area contributed by atoms with Crippen LogP contribution in [0.2, 0.25) is 0 Å². The number of hydrazine groups is 1. The molecule has 0 aliphatic rings. The van der Waals surface area contributed by atoms with Gasteiger partial charge in [0, 0.05) is 11.5 Å². The van der Waals surface area contributed by atoms with Gasteiger partial charge in [-0.15, -0.1) is 5.10 Å². The highest BCUT2D eigenvalue weighted by molar-refractivity contribution is 7.10. The number of hydrogen-bond acceptors (Lipinski definition) is 6. The first kappa shape index (κ1) is 11.7. The number of benzene rings is 1. The summed E-state index contributed by atoms with van der Waals surface area (Å²) >= 11 is 1.05. The average Bonchev–Trinajstić information content (AvgIpc) is 2.78. The van der Waals surface area contributed by atoms with E-state index in [1.54, 1.807) is 0 Å². The molecule has 17 heavy (non-hydrogen) atoms. The minimum absolute atomic E-state index is 0.0452. The molecule has 0 amide bonds. The monoisotopic (exact) mass is 258 g/mol. The van der Waals surface area contributed by atoms with Crippen molar-refractivity contribution >= 4 is 16.5 Å². The number of aromatic nitrogens is 2. The van der Waals surface area contributed by atoms with Crippen LogP contribution < -0.4 is 16.0 Å². The summed E-state index contributed by atoms with van der Waals surface area (Å²) in [5, 5.41) is 4.25. The van der Waals surface area contributed by atoms with Crippen molar-refractivity contribution in [2.24, 2.45) is 5.84 Å². The van der Waals surface area contributed by atoms with E-state index in [4.69, 9.17) is 10.6 Å². The lowest BCUT2D eigenvalue weighted by Crippen LogP contribution is -2.09. The van der Waals surface area contributed by atoms with E-state index in [0.717, 1.165) is 17.6 Å². The molecule has 1 aromatic heterocycles. The van der Waals surface area contributed by atoms with Gasteiger partial charge in [-0.05, 0) is 12.1 Å². The number of anilines is 1. The molecule has 1 aromatic carbocycles. The number of halogens is 2. The summed E-state index contributed by atoms with van der Waals surface area (Å²) < 4.78 is 34.9. The van der Waals surface area contributed by atoms with Crippen LogP contribution in [0.15, 0.2) is 18.2 Å². The van der Waals surface area contributed by atoms with Crippen LogP contribution in [0.5, 0.6) is 5.75 Å². The molecule has 0 bridgehead atoms. The van der Waals surface area contributed by atoms with Crippen molar-refractivity contribution in [2.45, 2.75) is 6.61 Å². The van der Waals surface area contributed by atoms with Crippen molar-refractivity contribution in [1.29, 1.82) is 0 Å². The zero-order valence-electron chi connectivity index (χ0n) is 8.48. The number of rotatable bonds is 4. The van der Waals surface area contributed by atoms with Gasteiger partial charge in [-0.25, -0.2) is 10.2 Å². The summed E-state index contributed by atoms with van der Waals surface area (Å²) in [7, 11) is 0. The molecule has 90 valence electrons. The fraction of sp³-hybridized carbons (Fsp3) is 0.111. The van der Waals surface area contributed by atoms with Crippen LogP contribution in [-0.4, -0.2) is 9.59 Å². The molecule has 8 heteroatoms. The summed E-state index contributed by atoms with van der Waals surface area (Å²) in [4.78, 5) is 0. The van der Waals surface area contributed by atoms with E-state index in [-0.39, 0.29) is 12.4 Å². The number of nitrogens with two attached hydrogens (primary N) is 1. The average molecular weight is 258 g/mol. The lowest BCUT2D eigenvalue weighted by molar-refractivity contribution is 0.281. The highest BCUT2D eigenvalue weighted by Crippen LogP contribution is 2.22. The molecule has 2 rings (SSSR count). The van der Waals surface area contributed by atoms with E-state index < -0.39 is 11.6 Å². The van der Waals surface area contributed by atoms with E-state index in [2.05, 4.69) is 15.0 Å². The molecular weight excluding hydrogens is 250 g/mol. The second kappa shape index (κ2) is 5.02. The molecule has 5 nitrogen and oxygen atoms in total. The molecule has 0 atom stereocenters. The van der Waals surface area contributed by atoms with Crippen LogP contribution in [0, 0.1) is 11.6 Å². The molecule has 0 saturated heterocycles. The third kappa shape index (κ3) is 2.48. The van der Waals surface area contributed by atoms with Gasteiger partial charge in [0.2, 0.25) is 5.82 Å². The van der Waals surface area contributed by atoms with Crippen molar-refractivity contribution < 1.29 is 13.5 Å². The molecular formula is C9H8F2N4OS.